The van der Waals surface area contributed by atoms with Crippen LogP contribution in [0.5, 0.6) is 17.2 Å². The second kappa shape index (κ2) is 9.50. The van der Waals surface area contributed by atoms with Gasteiger partial charge in [0, 0.05) is 12.7 Å². The number of methoxy groups -OCH3 is 2. The third-order valence-corrected chi connectivity index (χ3v) is 5.34. The van der Waals surface area contributed by atoms with Crippen molar-refractivity contribution in [1.82, 2.24) is 4.57 Å². The van der Waals surface area contributed by atoms with Crippen molar-refractivity contribution in [3.63, 3.8) is 0 Å². The van der Waals surface area contributed by atoms with Crippen LogP contribution in [-0.4, -0.2) is 30.7 Å². The van der Waals surface area contributed by atoms with Gasteiger partial charge in [-0.3, -0.25) is 9.59 Å². The summed E-state index contributed by atoms with van der Waals surface area (Å²) in [5.74, 6) is -0.645. The van der Waals surface area contributed by atoms with E-state index in [2.05, 4.69) is 5.32 Å². The third-order valence-electron chi connectivity index (χ3n) is 5.34. The molecule has 0 atom stereocenters. The van der Waals surface area contributed by atoms with Crippen molar-refractivity contribution in [2.24, 2.45) is 7.05 Å². The molecule has 1 heterocycles. The molecule has 8 nitrogen and oxygen atoms in total. The number of rotatable bonds is 6. The number of pyridine rings is 1. The summed E-state index contributed by atoms with van der Waals surface area (Å²) < 4.78 is 17.6. The smallest absolute Gasteiger partial charge is 0.343 e. The Hall–Kier alpha value is -4.59. The van der Waals surface area contributed by atoms with Crippen molar-refractivity contribution in [1.29, 1.82) is 0 Å². The summed E-state index contributed by atoms with van der Waals surface area (Å²) in [5, 5.41) is 3.02. The van der Waals surface area contributed by atoms with Gasteiger partial charge in [-0.25, -0.2) is 4.79 Å². The van der Waals surface area contributed by atoms with Gasteiger partial charge in [-0.1, -0.05) is 24.3 Å². The number of aromatic nitrogens is 1. The fourth-order valence-corrected chi connectivity index (χ4v) is 3.59. The first-order valence-corrected chi connectivity index (χ1v) is 10.4. The molecule has 0 aliphatic rings. The Balaban J connectivity index is 1.89. The molecule has 4 rings (SSSR count). The number of nitrogens with one attached hydrogen (secondary N) is 1. The molecule has 3 aromatic carbocycles. The van der Waals surface area contributed by atoms with Gasteiger partial charge in [0.25, 0.3) is 11.5 Å². The lowest BCUT2D eigenvalue weighted by atomic mass is 10.1. The van der Waals surface area contributed by atoms with Gasteiger partial charge in [0.1, 0.15) is 17.1 Å². The number of aryl methyl sites for hydroxylation is 1. The van der Waals surface area contributed by atoms with Gasteiger partial charge in [0.2, 0.25) is 0 Å². The Morgan fingerprint density at radius 3 is 2.21 bits per heavy atom. The molecule has 0 fully saturated rings. The van der Waals surface area contributed by atoms with Crippen molar-refractivity contribution in [3.8, 4) is 17.2 Å². The highest BCUT2D eigenvalue weighted by atomic mass is 16.5. The standard InChI is InChI=1S/C26H22N2O6/c1-28-19-10-7-11-20(33-3)21(19)23(34-26(31)16-8-5-4-6-9-16)22(25(28)30)24(29)27-17-12-14-18(32-2)15-13-17/h4-15H,1-3H3,(H,27,29). The summed E-state index contributed by atoms with van der Waals surface area (Å²) in [5.41, 5.74) is 0.212. The van der Waals surface area contributed by atoms with Crippen molar-refractivity contribution >= 4 is 28.5 Å². The number of hydrogen-bond donors (Lipinski definition) is 1. The number of carbonyl (C=O) groups excluding carboxylic acids is 2. The Labute approximate surface area is 195 Å². The van der Waals surface area contributed by atoms with Crippen LogP contribution >= 0.6 is 0 Å². The van der Waals surface area contributed by atoms with Gasteiger partial charge < -0.3 is 24.1 Å². The number of fused-ring (bicyclic) bond motifs is 1. The zero-order chi connectivity index (χ0) is 24.2. The van der Waals surface area contributed by atoms with Gasteiger partial charge in [0.15, 0.2) is 5.75 Å². The Morgan fingerprint density at radius 1 is 0.853 bits per heavy atom. The fourth-order valence-electron chi connectivity index (χ4n) is 3.59. The van der Waals surface area contributed by atoms with Crippen molar-refractivity contribution in [3.05, 3.63) is 94.3 Å². The van der Waals surface area contributed by atoms with E-state index in [0.717, 1.165) is 0 Å². The normalized spacial score (nSPS) is 10.6. The average Bonchev–Trinajstić information content (AvgIpc) is 2.87. The maximum Gasteiger partial charge on any atom is 0.343 e. The summed E-state index contributed by atoms with van der Waals surface area (Å²) in [4.78, 5) is 39.6. The van der Waals surface area contributed by atoms with Crippen LogP contribution < -0.4 is 25.1 Å². The average molecular weight is 458 g/mol. The molecular formula is C26H22N2O6. The zero-order valence-corrected chi connectivity index (χ0v) is 18.8. The Morgan fingerprint density at radius 2 is 1.56 bits per heavy atom. The van der Waals surface area contributed by atoms with Crippen LogP contribution in [0.1, 0.15) is 20.7 Å². The van der Waals surface area contributed by atoms with E-state index >= 15 is 0 Å². The van der Waals surface area contributed by atoms with E-state index in [-0.39, 0.29) is 16.9 Å². The lowest BCUT2D eigenvalue weighted by molar-refractivity contribution is 0.0734. The molecule has 1 aromatic heterocycles. The number of amides is 1. The minimum absolute atomic E-state index is 0.171. The zero-order valence-electron chi connectivity index (χ0n) is 18.8. The van der Waals surface area contributed by atoms with E-state index in [1.165, 1.54) is 25.8 Å². The summed E-state index contributed by atoms with van der Waals surface area (Å²) in [6.45, 7) is 0. The van der Waals surface area contributed by atoms with Crippen LogP contribution in [0.2, 0.25) is 0 Å². The molecule has 0 radical (unpaired) electrons. The molecule has 1 N–H and O–H groups in total. The van der Waals surface area contributed by atoms with E-state index in [4.69, 9.17) is 14.2 Å². The highest BCUT2D eigenvalue weighted by Gasteiger charge is 2.27. The number of esters is 1. The topological polar surface area (TPSA) is 95.9 Å². The van der Waals surface area contributed by atoms with Gasteiger partial charge in [-0.15, -0.1) is 0 Å². The number of anilines is 1. The molecule has 0 unspecified atom stereocenters. The van der Waals surface area contributed by atoms with Crippen LogP contribution in [0, 0.1) is 0 Å². The summed E-state index contributed by atoms with van der Waals surface area (Å²) in [6.07, 6.45) is 0. The SMILES string of the molecule is COc1ccc(NC(=O)c2c(OC(=O)c3ccccc3)c3c(OC)cccc3n(C)c2=O)cc1. The number of nitrogens with zero attached hydrogens (tertiary/aromatic N) is 1. The summed E-state index contributed by atoms with van der Waals surface area (Å²) in [6, 6.07) is 20.0. The van der Waals surface area contributed by atoms with E-state index < -0.39 is 17.4 Å². The minimum atomic E-state index is -0.727. The predicted molar refractivity (Wildman–Crippen MR) is 128 cm³/mol. The van der Waals surface area contributed by atoms with Gasteiger partial charge >= 0.3 is 5.97 Å². The van der Waals surface area contributed by atoms with Crippen LogP contribution in [0.4, 0.5) is 5.69 Å². The number of carbonyl (C=O) groups is 2. The van der Waals surface area contributed by atoms with E-state index in [1.807, 2.05) is 0 Å². The number of benzene rings is 3. The molecule has 1 amide bonds. The maximum atomic E-state index is 13.3. The first-order chi connectivity index (χ1) is 16.4. The molecule has 0 aliphatic carbocycles. The third kappa shape index (κ3) is 4.21. The lowest BCUT2D eigenvalue weighted by Crippen LogP contribution is -2.30. The van der Waals surface area contributed by atoms with Crippen molar-refractivity contribution in [2.75, 3.05) is 19.5 Å². The van der Waals surface area contributed by atoms with Gasteiger partial charge in [-0.05, 0) is 48.5 Å². The molecule has 8 heteroatoms. The number of hydrogen-bond acceptors (Lipinski definition) is 6. The van der Waals surface area contributed by atoms with Crippen LogP contribution in [0.15, 0.2) is 77.6 Å². The van der Waals surface area contributed by atoms with Crippen LogP contribution in [-0.2, 0) is 7.05 Å². The molecule has 0 saturated carbocycles. The molecule has 4 aromatic rings. The molecule has 0 aliphatic heterocycles. The predicted octanol–water partition coefficient (Wildman–Crippen LogP) is 4.03. The second-order valence-corrected chi connectivity index (χ2v) is 7.36. The minimum Gasteiger partial charge on any atom is -0.497 e. The maximum absolute atomic E-state index is 13.3. The quantitative estimate of drug-likeness (QED) is 0.439. The van der Waals surface area contributed by atoms with Crippen LogP contribution in [0.3, 0.4) is 0 Å². The first-order valence-electron chi connectivity index (χ1n) is 10.4. The number of ether oxygens (including phenoxy) is 3. The lowest BCUT2D eigenvalue weighted by Gasteiger charge is -2.17. The van der Waals surface area contributed by atoms with E-state index in [1.54, 1.807) is 72.8 Å². The van der Waals surface area contributed by atoms with E-state index in [0.29, 0.717) is 28.1 Å². The van der Waals surface area contributed by atoms with E-state index in [9.17, 15) is 14.4 Å². The Bertz CT molecular complexity index is 1430. The molecular weight excluding hydrogens is 436 g/mol. The highest BCUT2D eigenvalue weighted by Crippen LogP contribution is 2.36. The molecule has 34 heavy (non-hydrogen) atoms. The van der Waals surface area contributed by atoms with Crippen molar-refractivity contribution in [2.45, 2.75) is 0 Å². The largest absolute Gasteiger partial charge is 0.497 e. The van der Waals surface area contributed by atoms with Crippen molar-refractivity contribution < 1.29 is 23.8 Å². The molecule has 0 saturated heterocycles. The monoisotopic (exact) mass is 458 g/mol. The van der Waals surface area contributed by atoms with Gasteiger partial charge in [-0.2, -0.15) is 0 Å². The molecule has 0 spiro atoms. The summed E-state index contributed by atoms with van der Waals surface area (Å²) in [7, 11) is 4.53. The molecule has 172 valence electrons. The molecule has 0 bridgehead atoms. The first kappa shape index (κ1) is 22.6. The van der Waals surface area contributed by atoms with Gasteiger partial charge in [0.05, 0.1) is 30.7 Å². The fraction of sp³-hybridized carbons (Fsp3) is 0.115. The second-order valence-electron chi connectivity index (χ2n) is 7.36. The van der Waals surface area contributed by atoms with Crippen LogP contribution in [0.25, 0.3) is 10.9 Å². The highest BCUT2D eigenvalue weighted by molar-refractivity contribution is 6.11. The Kier molecular flexibility index (Phi) is 6.31. The summed E-state index contributed by atoms with van der Waals surface area (Å²) >= 11 is 0.